The van der Waals surface area contributed by atoms with Crippen LogP contribution >= 0.6 is 0 Å². The van der Waals surface area contributed by atoms with Gasteiger partial charge in [-0.1, -0.05) is 30.7 Å². The lowest BCUT2D eigenvalue weighted by atomic mass is 9.82. The summed E-state index contributed by atoms with van der Waals surface area (Å²) in [6.07, 6.45) is 7.96. The van der Waals surface area contributed by atoms with E-state index >= 15 is 0 Å². The van der Waals surface area contributed by atoms with Crippen LogP contribution in [0.2, 0.25) is 0 Å². The molecule has 2 nitrogen and oxygen atoms in total. The molecule has 4 aromatic rings. The number of hydrogen-bond donors (Lipinski definition) is 0. The highest BCUT2D eigenvalue weighted by molar-refractivity contribution is 6.07. The predicted molar refractivity (Wildman–Crippen MR) is 126 cm³/mol. The molecule has 3 aromatic carbocycles. The summed E-state index contributed by atoms with van der Waals surface area (Å²) in [6, 6.07) is 15.9. The largest absolute Gasteiger partial charge is 0.449 e. The normalized spacial score (nSPS) is 23.4. The van der Waals surface area contributed by atoms with E-state index in [1.807, 2.05) is 0 Å². The second-order valence-corrected chi connectivity index (χ2v) is 10.2. The highest BCUT2D eigenvalue weighted by Gasteiger charge is 2.40. The van der Waals surface area contributed by atoms with Crippen LogP contribution in [-0.2, 0) is 7.05 Å². The van der Waals surface area contributed by atoms with Crippen molar-refractivity contribution < 1.29 is 9.30 Å². The van der Waals surface area contributed by atoms with E-state index in [1.165, 1.54) is 75.2 Å². The molecule has 3 unspecified atom stereocenters. The average Bonchev–Trinajstić information content (AvgIpc) is 3.40. The molecule has 0 spiro atoms. The summed E-state index contributed by atoms with van der Waals surface area (Å²) in [5.41, 5.74) is 6.75. The third kappa shape index (κ3) is 2.36. The predicted octanol–water partition coefficient (Wildman–Crippen LogP) is 7.11. The van der Waals surface area contributed by atoms with Gasteiger partial charge in [0.05, 0.1) is 5.56 Å². The number of aromatic nitrogens is 1. The van der Waals surface area contributed by atoms with Crippen molar-refractivity contribution in [1.82, 2.24) is 0 Å². The first-order chi connectivity index (χ1) is 15.1. The Kier molecular flexibility index (Phi) is 3.49. The molecule has 3 aliphatic rings. The fraction of sp³-hybridized carbons (Fsp3) is 0.345. The number of aryl methyl sites for hydroxylation is 2. The second kappa shape index (κ2) is 6.09. The van der Waals surface area contributed by atoms with Crippen LogP contribution in [0.3, 0.4) is 0 Å². The van der Waals surface area contributed by atoms with Crippen molar-refractivity contribution in [3.05, 3.63) is 65.4 Å². The molecule has 2 heterocycles. The molecule has 0 amide bonds. The first-order valence-electron chi connectivity index (χ1n) is 11.8. The van der Waals surface area contributed by atoms with Crippen LogP contribution in [-0.4, -0.2) is 0 Å². The third-order valence-corrected chi connectivity index (χ3v) is 8.48. The van der Waals surface area contributed by atoms with Crippen LogP contribution in [0.4, 0.5) is 0 Å². The first kappa shape index (κ1) is 17.8. The second-order valence-electron chi connectivity index (χ2n) is 10.2. The topological polar surface area (TPSA) is 13.1 Å². The van der Waals surface area contributed by atoms with Crippen LogP contribution in [0.5, 0.6) is 11.5 Å². The Hall–Kier alpha value is -2.87. The number of fused-ring (bicyclic) bond motifs is 6. The lowest BCUT2D eigenvalue weighted by molar-refractivity contribution is -0.659. The van der Waals surface area contributed by atoms with Gasteiger partial charge >= 0.3 is 0 Å². The Morgan fingerprint density at radius 2 is 1.87 bits per heavy atom. The van der Waals surface area contributed by atoms with Gasteiger partial charge in [-0.2, -0.15) is 4.57 Å². The van der Waals surface area contributed by atoms with E-state index < -0.39 is 0 Å². The van der Waals surface area contributed by atoms with Crippen molar-refractivity contribution in [2.75, 3.05) is 0 Å². The molecule has 3 atom stereocenters. The number of hydrogen-bond acceptors (Lipinski definition) is 1. The van der Waals surface area contributed by atoms with E-state index in [0.717, 1.165) is 29.3 Å². The molecule has 0 radical (unpaired) electrons. The van der Waals surface area contributed by atoms with Crippen LogP contribution in [0.25, 0.3) is 32.8 Å². The van der Waals surface area contributed by atoms with Crippen molar-refractivity contribution in [2.45, 2.75) is 45.4 Å². The number of rotatable bonds is 1. The highest BCUT2D eigenvalue weighted by atomic mass is 16.5. The lowest BCUT2D eigenvalue weighted by Crippen LogP contribution is -2.32. The molecule has 0 saturated heterocycles. The van der Waals surface area contributed by atoms with Gasteiger partial charge in [-0.25, -0.2) is 0 Å². The quantitative estimate of drug-likeness (QED) is 0.270. The van der Waals surface area contributed by atoms with Gasteiger partial charge in [0.15, 0.2) is 6.20 Å². The number of benzene rings is 3. The number of pyridine rings is 1. The molecule has 31 heavy (non-hydrogen) atoms. The summed E-state index contributed by atoms with van der Waals surface area (Å²) in [4.78, 5) is 0. The van der Waals surface area contributed by atoms with Gasteiger partial charge in [-0.05, 0) is 91.1 Å². The standard InChI is InChI=1S/C29H28NO/c1-16-11-21-5-4-6-25-27(21)26(17(16)2)28-29(31-25)24-14-20(9-10-22(24)15-30(28)3)23-13-18-7-8-19(23)12-18/h4-6,9-11,14-15,18-19,23H,7-8,12-13H2,1-3H3/q+1. The average molecular weight is 407 g/mol. The molecule has 1 aromatic heterocycles. The maximum absolute atomic E-state index is 6.70. The molecule has 0 N–H and O–H groups in total. The van der Waals surface area contributed by atoms with E-state index in [4.69, 9.17) is 4.74 Å². The number of ether oxygens (including phenoxy) is 1. The molecule has 1 aliphatic heterocycles. The molecule has 2 fully saturated rings. The van der Waals surface area contributed by atoms with Gasteiger partial charge in [-0.3, -0.25) is 0 Å². The Morgan fingerprint density at radius 1 is 0.968 bits per heavy atom. The third-order valence-electron chi connectivity index (χ3n) is 8.48. The van der Waals surface area contributed by atoms with Gasteiger partial charge in [0, 0.05) is 16.2 Å². The van der Waals surface area contributed by atoms with Gasteiger partial charge in [0.2, 0.25) is 5.75 Å². The summed E-state index contributed by atoms with van der Waals surface area (Å²) in [7, 11) is 2.16. The summed E-state index contributed by atoms with van der Waals surface area (Å²) in [6.45, 7) is 4.48. The van der Waals surface area contributed by atoms with Crippen molar-refractivity contribution >= 4 is 21.5 Å². The zero-order chi connectivity index (χ0) is 20.9. The van der Waals surface area contributed by atoms with E-state index in [9.17, 15) is 0 Å². The summed E-state index contributed by atoms with van der Waals surface area (Å²) in [5.74, 6) is 4.59. The SMILES string of the molecule is Cc1cc2cccc3c2c(c1C)-c1c(c2cc(C4CC5CCC4C5)ccc2c[n+]1C)O3. The Balaban J connectivity index is 1.52. The van der Waals surface area contributed by atoms with E-state index in [2.05, 4.69) is 74.1 Å². The molecule has 2 heteroatoms. The fourth-order valence-electron chi connectivity index (χ4n) is 6.87. The van der Waals surface area contributed by atoms with Crippen molar-refractivity contribution in [3.8, 4) is 22.8 Å². The minimum absolute atomic E-state index is 0.732. The zero-order valence-corrected chi connectivity index (χ0v) is 18.5. The van der Waals surface area contributed by atoms with Crippen molar-refractivity contribution in [3.63, 3.8) is 0 Å². The molecule has 2 aliphatic carbocycles. The zero-order valence-electron chi connectivity index (χ0n) is 18.5. The van der Waals surface area contributed by atoms with Gasteiger partial charge in [0.25, 0.3) is 5.69 Å². The van der Waals surface area contributed by atoms with Crippen molar-refractivity contribution in [2.24, 2.45) is 18.9 Å². The maximum Gasteiger partial charge on any atom is 0.257 e. The Bertz CT molecular complexity index is 1420. The minimum Gasteiger partial charge on any atom is -0.449 e. The smallest absolute Gasteiger partial charge is 0.257 e. The van der Waals surface area contributed by atoms with Crippen LogP contribution < -0.4 is 9.30 Å². The fourth-order valence-corrected chi connectivity index (χ4v) is 6.87. The maximum atomic E-state index is 6.70. The van der Waals surface area contributed by atoms with Crippen LogP contribution in [0.1, 0.15) is 48.3 Å². The summed E-state index contributed by atoms with van der Waals surface area (Å²) >= 11 is 0. The molecule has 7 rings (SSSR count). The van der Waals surface area contributed by atoms with E-state index in [0.29, 0.717) is 0 Å². The summed E-state index contributed by atoms with van der Waals surface area (Å²) in [5, 5.41) is 5.03. The molecular formula is C29H28NO+. The Morgan fingerprint density at radius 3 is 2.68 bits per heavy atom. The van der Waals surface area contributed by atoms with Crippen LogP contribution in [0.15, 0.2) is 48.7 Å². The Labute approximate surface area is 183 Å². The first-order valence-corrected chi connectivity index (χ1v) is 11.8. The molecular weight excluding hydrogens is 378 g/mol. The van der Waals surface area contributed by atoms with Gasteiger partial charge in [0.1, 0.15) is 12.8 Å². The summed E-state index contributed by atoms with van der Waals surface area (Å²) < 4.78 is 8.97. The number of nitrogens with zero attached hydrogens (tertiary/aromatic N) is 1. The molecule has 2 bridgehead atoms. The van der Waals surface area contributed by atoms with Gasteiger partial charge in [-0.15, -0.1) is 0 Å². The lowest BCUT2D eigenvalue weighted by Gasteiger charge is -2.24. The molecule has 154 valence electrons. The van der Waals surface area contributed by atoms with Crippen LogP contribution in [0, 0.1) is 25.7 Å². The minimum atomic E-state index is 0.732. The molecule has 2 saturated carbocycles. The van der Waals surface area contributed by atoms with E-state index in [-0.39, 0.29) is 0 Å². The highest BCUT2D eigenvalue weighted by Crippen LogP contribution is 2.54. The monoisotopic (exact) mass is 406 g/mol. The van der Waals surface area contributed by atoms with Gasteiger partial charge < -0.3 is 4.74 Å². The van der Waals surface area contributed by atoms with Crippen molar-refractivity contribution in [1.29, 1.82) is 0 Å². The van der Waals surface area contributed by atoms with E-state index in [1.54, 1.807) is 0 Å².